The van der Waals surface area contributed by atoms with Crippen molar-refractivity contribution >= 4 is 5.91 Å². The number of carbonyl (C=O) groups excluding carboxylic acids is 1. The Kier molecular flexibility index (Phi) is 5.46. The highest BCUT2D eigenvalue weighted by atomic mass is 16.5. The van der Waals surface area contributed by atoms with E-state index < -0.39 is 0 Å². The van der Waals surface area contributed by atoms with E-state index in [0.717, 1.165) is 29.9 Å². The molecule has 1 atom stereocenters. The van der Waals surface area contributed by atoms with Crippen LogP contribution in [-0.4, -0.2) is 41.2 Å². The minimum atomic E-state index is -0.214. The molecule has 4 rings (SSSR count). The predicted octanol–water partition coefficient (Wildman–Crippen LogP) is 4.12. The Bertz CT molecular complexity index is 966. The van der Waals surface area contributed by atoms with Crippen LogP contribution in [0, 0.1) is 0 Å². The summed E-state index contributed by atoms with van der Waals surface area (Å²) in [5.74, 6) is 2.44. The molecule has 7 heteroatoms. The second-order valence-electron chi connectivity index (χ2n) is 6.80. The summed E-state index contributed by atoms with van der Waals surface area (Å²) in [5, 5.41) is 4.10. The van der Waals surface area contributed by atoms with Gasteiger partial charge in [-0.15, -0.1) is 0 Å². The summed E-state index contributed by atoms with van der Waals surface area (Å²) in [7, 11) is 1.62. The van der Waals surface area contributed by atoms with Gasteiger partial charge in [0.05, 0.1) is 13.7 Å². The fourth-order valence-corrected chi connectivity index (χ4v) is 3.52. The fraction of sp³-hybridized carbons (Fsp3) is 0.318. The lowest BCUT2D eigenvalue weighted by Gasteiger charge is -2.22. The average molecular weight is 393 g/mol. The average Bonchev–Trinajstić information content (AvgIpc) is 3.44. The Balaban J connectivity index is 1.52. The van der Waals surface area contributed by atoms with E-state index in [0.29, 0.717) is 30.4 Å². The third-order valence-electron chi connectivity index (χ3n) is 5.00. The van der Waals surface area contributed by atoms with Gasteiger partial charge in [0.1, 0.15) is 17.5 Å². The molecule has 1 saturated heterocycles. The molecule has 1 fully saturated rings. The predicted molar refractivity (Wildman–Crippen MR) is 107 cm³/mol. The molecule has 0 N–H and O–H groups in total. The first-order valence-electron chi connectivity index (χ1n) is 9.71. The Hall–Kier alpha value is -3.35. The van der Waals surface area contributed by atoms with Crippen LogP contribution in [-0.2, 0) is 0 Å². The van der Waals surface area contributed by atoms with E-state index in [-0.39, 0.29) is 11.9 Å². The van der Waals surface area contributed by atoms with Gasteiger partial charge in [-0.3, -0.25) is 4.79 Å². The standard InChI is InChI=1S/C22H23N3O4/c1-3-28-18-12-8-16(9-13-18)22(26)25-14-4-5-19(25)21-23-20(24-29-21)15-6-10-17(27-2)11-7-15/h6-13,19H,3-5,14H2,1-2H3/t19-/m1/s1. The number of aromatic nitrogens is 2. The largest absolute Gasteiger partial charge is 0.497 e. The molecule has 1 amide bonds. The molecule has 2 aromatic carbocycles. The van der Waals surface area contributed by atoms with Crippen LogP contribution in [0.4, 0.5) is 0 Å². The van der Waals surface area contributed by atoms with Crippen molar-refractivity contribution < 1.29 is 18.8 Å². The van der Waals surface area contributed by atoms with Gasteiger partial charge in [-0.1, -0.05) is 5.16 Å². The van der Waals surface area contributed by atoms with Crippen molar-refractivity contribution in [1.29, 1.82) is 0 Å². The smallest absolute Gasteiger partial charge is 0.254 e. The molecular formula is C22H23N3O4. The molecule has 1 aliphatic heterocycles. The highest BCUT2D eigenvalue weighted by Gasteiger charge is 2.34. The van der Waals surface area contributed by atoms with Crippen molar-refractivity contribution in [2.75, 3.05) is 20.3 Å². The van der Waals surface area contributed by atoms with Gasteiger partial charge >= 0.3 is 0 Å². The summed E-state index contributed by atoms with van der Waals surface area (Å²) in [6.45, 7) is 3.19. The summed E-state index contributed by atoms with van der Waals surface area (Å²) >= 11 is 0. The fourth-order valence-electron chi connectivity index (χ4n) is 3.52. The van der Waals surface area contributed by atoms with E-state index in [1.165, 1.54) is 0 Å². The highest BCUT2D eigenvalue weighted by Crippen LogP contribution is 2.33. The molecule has 1 aromatic heterocycles. The van der Waals surface area contributed by atoms with Crippen molar-refractivity contribution in [3.63, 3.8) is 0 Å². The summed E-state index contributed by atoms with van der Waals surface area (Å²) in [4.78, 5) is 19.4. The number of benzene rings is 2. The number of hydrogen-bond donors (Lipinski definition) is 0. The van der Waals surface area contributed by atoms with Crippen LogP contribution in [0.5, 0.6) is 11.5 Å². The van der Waals surface area contributed by atoms with Crippen molar-refractivity contribution in [2.45, 2.75) is 25.8 Å². The maximum Gasteiger partial charge on any atom is 0.254 e. The zero-order valence-electron chi connectivity index (χ0n) is 16.5. The second kappa shape index (κ2) is 8.34. The zero-order valence-corrected chi connectivity index (χ0v) is 16.5. The first kappa shape index (κ1) is 19.0. The van der Waals surface area contributed by atoms with Gasteiger partial charge in [-0.25, -0.2) is 0 Å². The Morgan fingerprint density at radius 1 is 1.14 bits per heavy atom. The SMILES string of the molecule is CCOc1ccc(C(=O)N2CCC[C@@H]2c2nc(-c3ccc(OC)cc3)no2)cc1. The van der Waals surface area contributed by atoms with E-state index in [1.54, 1.807) is 24.1 Å². The lowest BCUT2D eigenvalue weighted by atomic mass is 10.1. The topological polar surface area (TPSA) is 77.7 Å². The monoisotopic (exact) mass is 393 g/mol. The van der Waals surface area contributed by atoms with Gasteiger partial charge in [0.15, 0.2) is 0 Å². The number of carbonyl (C=O) groups is 1. The van der Waals surface area contributed by atoms with Gasteiger partial charge < -0.3 is 18.9 Å². The van der Waals surface area contributed by atoms with Gasteiger partial charge in [-0.05, 0) is 68.3 Å². The number of ether oxygens (including phenoxy) is 2. The Morgan fingerprint density at radius 3 is 2.55 bits per heavy atom. The van der Waals surface area contributed by atoms with E-state index in [1.807, 2.05) is 43.3 Å². The van der Waals surface area contributed by atoms with Crippen molar-refractivity contribution in [1.82, 2.24) is 15.0 Å². The van der Waals surface area contributed by atoms with Crippen LogP contribution in [0.2, 0.25) is 0 Å². The molecule has 7 nitrogen and oxygen atoms in total. The molecule has 0 unspecified atom stereocenters. The first-order chi connectivity index (χ1) is 14.2. The number of likely N-dealkylation sites (tertiary alicyclic amines) is 1. The first-order valence-corrected chi connectivity index (χ1v) is 9.71. The van der Waals surface area contributed by atoms with Crippen LogP contribution < -0.4 is 9.47 Å². The number of methoxy groups -OCH3 is 1. The lowest BCUT2D eigenvalue weighted by Crippen LogP contribution is -2.30. The molecule has 3 aromatic rings. The van der Waals surface area contributed by atoms with E-state index in [9.17, 15) is 4.79 Å². The number of hydrogen-bond acceptors (Lipinski definition) is 6. The third-order valence-corrected chi connectivity index (χ3v) is 5.00. The summed E-state index contributed by atoms with van der Waals surface area (Å²) in [6, 6.07) is 14.5. The number of amides is 1. The van der Waals surface area contributed by atoms with Gasteiger partial charge in [-0.2, -0.15) is 4.98 Å². The minimum Gasteiger partial charge on any atom is -0.497 e. The van der Waals surface area contributed by atoms with Crippen molar-refractivity contribution in [2.24, 2.45) is 0 Å². The van der Waals surface area contributed by atoms with Crippen LogP contribution in [0.1, 0.15) is 42.1 Å². The molecule has 0 saturated carbocycles. The van der Waals surface area contributed by atoms with Crippen LogP contribution in [0.3, 0.4) is 0 Å². The van der Waals surface area contributed by atoms with Crippen LogP contribution in [0.25, 0.3) is 11.4 Å². The maximum absolute atomic E-state index is 13.0. The van der Waals surface area contributed by atoms with Crippen molar-refractivity contribution in [3.05, 3.63) is 60.0 Å². The molecule has 150 valence electrons. The van der Waals surface area contributed by atoms with Crippen LogP contribution in [0.15, 0.2) is 53.1 Å². The highest BCUT2D eigenvalue weighted by molar-refractivity contribution is 5.94. The molecule has 0 spiro atoms. The van der Waals surface area contributed by atoms with Crippen molar-refractivity contribution in [3.8, 4) is 22.9 Å². The van der Waals surface area contributed by atoms with Gasteiger partial charge in [0.2, 0.25) is 11.7 Å². The Labute approximate surface area is 169 Å². The minimum absolute atomic E-state index is 0.0419. The summed E-state index contributed by atoms with van der Waals surface area (Å²) < 4.78 is 16.1. The van der Waals surface area contributed by atoms with Gasteiger partial charge in [0.25, 0.3) is 5.91 Å². The molecule has 1 aliphatic rings. The van der Waals surface area contributed by atoms with Crippen LogP contribution >= 0.6 is 0 Å². The molecule has 0 aliphatic carbocycles. The lowest BCUT2D eigenvalue weighted by molar-refractivity contribution is 0.0710. The number of nitrogens with zero attached hydrogens (tertiary/aromatic N) is 3. The normalized spacial score (nSPS) is 16.1. The molecule has 29 heavy (non-hydrogen) atoms. The molecule has 0 radical (unpaired) electrons. The quantitative estimate of drug-likeness (QED) is 0.627. The van der Waals surface area contributed by atoms with Gasteiger partial charge in [0, 0.05) is 17.7 Å². The summed E-state index contributed by atoms with van der Waals surface area (Å²) in [6.07, 6.45) is 1.70. The van der Waals surface area contributed by atoms with E-state index in [2.05, 4.69) is 10.1 Å². The molecular weight excluding hydrogens is 370 g/mol. The molecule has 0 bridgehead atoms. The van der Waals surface area contributed by atoms with E-state index in [4.69, 9.17) is 14.0 Å². The maximum atomic E-state index is 13.0. The Morgan fingerprint density at radius 2 is 1.86 bits per heavy atom. The second-order valence-corrected chi connectivity index (χ2v) is 6.80. The number of rotatable bonds is 6. The summed E-state index contributed by atoms with van der Waals surface area (Å²) in [5.41, 5.74) is 1.46. The third kappa shape index (κ3) is 3.94. The van der Waals surface area contributed by atoms with E-state index >= 15 is 0 Å². The zero-order chi connectivity index (χ0) is 20.2. The molecule has 2 heterocycles.